The average Bonchev–Trinajstić information content (AvgIpc) is 2.30. The predicted molar refractivity (Wildman–Crippen MR) is 69.9 cm³/mol. The van der Waals surface area contributed by atoms with Gasteiger partial charge in [-0.1, -0.05) is 11.6 Å². The molecule has 1 aliphatic heterocycles. The van der Waals surface area contributed by atoms with Crippen molar-refractivity contribution < 1.29 is 8.42 Å². The third-order valence-corrected chi connectivity index (χ3v) is 5.44. The summed E-state index contributed by atoms with van der Waals surface area (Å²) in [6, 6.07) is 2.97. The molecule has 1 aliphatic rings. The van der Waals surface area contributed by atoms with Gasteiger partial charge in [-0.05, 0) is 30.7 Å². The fourth-order valence-electron chi connectivity index (χ4n) is 1.64. The number of nitrogens with one attached hydrogen (secondary N) is 1. The summed E-state index contributed by atoms with van der Waals surface area (Å²) in [6.45, 7) is 0. The molecule has 0 radical (unpaired) electrons. The van der Waals surface area contributed by atoms with E-state index in [4.69, 9.17) is 11.6 Å². The lowest BCUT2D eigenvalue weighted by Gasteiger charge is -2.22. The van der Waals surface area contributed by atoms with Crippen molar-refractivity contribution in [3.8, 4) is 0 Å². The summed E-state index contributed by atoms with van der Waals surface area (Å²) in [5, 5.41) is 0.289. The fourth-order valence-corrected chi connectivity index (χ4v) is 4.15. The molecule has 7 heteroatoms. The van der Waals surface area contributed by atoms with Crippen molar-refractivity contribution in [2.24, 2.45) is 0 Å². The summed E-state index contributed by atoms with van der Waals surface area (Å²) in [7, 11) is -3.46. The fraction of sp³-hybridized carbons (Fsp3) is 0.500. The molecule has 4 nitrogen and oxygen atoms in total. The van der Waals surface area contributed by atoms with Crippen molar-refractivity contribution in [2.45, 2.75) is 23.8 Å². The maximum absolute atomic E-state index is 12.0. The van der Waals surface area contributed by atoms with Gasteiger partial charge in [-0.3, -0.25) is 0 Å². The van der Waals surface area contributed by atoms with E-state index in [1.54, 1.807) is 11.8 Å². The molecule has 0 amide bonds. The summed E-state index contributed by atoms with van der Waals surface area (Å²) in [6.07, 6.45) is 3.23. The molecule has 2 heterocycles. The highest BCUT2D eigenvalue weighted by Crippen LogP contribution is 2.19. The highest BCUT2D eigenvalue weighted by Gasteiger charge is 2.22. The first-order chi connectivity index (χ1) is 8.08. The van der Waals surface area contributed by atoms with Crippen LogP contribution in [-0.2, 0) is 10.0 Å². The summed E-state index contributed by atoms with van der Waals surface area (Å²) >= 11 is 7.40. The highest BCUT2D eigenvalue weighted by atomic mass is 35.5. The van der Waals surface area contributed by atoms with Crippen LogP contribution in [0, 0.1) is 0 Å². The Hall–Kier alpha value is -0.300. The monoisotopic (exact) mass is 292 g/mol. The Bertz CT molecular complexity index is 470. The summed E-state index contributed by atoms with van der Waals surface area (Å²) in [5.74, 6) is 1.95. The molecule has 1 atom stereocenters. The van der Waals surface area contributed by atoms with Crippen LogP contribution in [0.2, 0.25) is 5.15 Å². The lowest BCUT2D eigenvalue weighted by Crippen LogP contribution is -2.38. The van der Waals surface area contributed by atoms with Gasteiger partial charge >= 0.3 is 0 Å². The Kier molecular flexibility index (Phi) is 4.30. The van der Waals surface area contributed by atoms with Crippen molar-refractivity contribution in [1.29, 1.82) is 0 Å². The van der Waals surface area contributed by atoms with Crippen LogP contribution in [0.4, 0.5) is 0 Å². The van der Waals surface area contributed by atoms with Crippen LogP contribution in [0.1, 0.15) is 12.8 Å². The molecule has 1 aromatic rings. The quantitative estimate of drug-likeness (QED) is 0.865. The number of aromatic nitrogens is 1. The smallest absolute Gasteiger partial charge is 0.242 e. The Labute approximate surface area is 110 Å². The molecule has 0 saturated carbocycles. The van der Waals surface area contributed by atoms with Crippen LogP contribution in [0.25, 0.3) is 0 Å². The zero-order chi connectivity index (χ0) is 12.3. The maximum atomic E-state index is 12.0. The van der Waals surface area contributed by atoms with Crippen molar-refractivity contribution in [3.63, 3.8) is 0 Å². The summed E-state index contributed by atoms with van der Waals surface area (Å²) in [4.78, 5) is 3.94. The Morgan fingerprint density at radius 1 is 1.47 bits per heavy atom. The van der Waals surface area contributed by atoms with E-state index in [-0.39, 0.29) is 16.1 Å². The van der Waals surface area contributed by atoms with E-state index in [1.807, 2.05) is 0 Å². The number of sulfonamides is 1. The molecule has 0 aromatic carbocycles. The molecule has 17 heavy (non-hydrogen) atoms. The third-order valence-electron chi connectivity index (χ3n) is 2.49. The molecule has 0 aliphatic carbocycles. The van der Waals surface area contributed by atoms with Crippen LogP contribution in [0.5, 0.6) is 0 Å². The molecule has 1 saturated heterocycles. The molecule has 1 aromatic heterocycles. The second-order valence-electron chi connectivity index (χ2n) is 3.85. The second-order valence-corrected chi connectivity index (χ2v) is 7.10. The number of hydrogen-bond donors (Lipinski definition) is 1. The van der Waals surface area contributed by atoms with Gasteiger partial charge < -0.3 is 0 Å². The van der Waals surface area contributed by atoms with Crippen molar-refractivity contribution >= 4 is 33.4 Å². The van der Waals surface area contributed by atoms with Gasteiger partial charge in [0, 0.05) is 18.0 Å². The van der Waals surface area contributed by atoms with Gasteiger partial charge in [0.05, 0.1) is 0 Å². The number of thioether (sulfide) groups is 1. The van der Waals surface area contributed by atoms with Gasteiger partial charge in [-0.2, -0.15) is 11.8 Å². The van der Waals surface area contributed by atoms with Crippen LogP contribution in [0.3, 0.4) is 0 Å². The molecule has 2 rings (SSSR count). The topological polar surface area (TPSA) is 59.1 Å². The number of hydrogen-bond acceptors (Lipinski definition) is 4. The lowest BCUT2D eigenvalue weighted by molar-refractivity contribution is 0.543. The van der Waals surface area contributed by atoms with E-state index < -0.39 is 10.0 Å². The predicted octanol–water partition coefficient (Wildman–Crippen LogP) is 1.91. The summed E-state index contributed by atoms with van der Waals surface area (Å²) < 4.78 is 26.7. The molecule has 94 valence electrons. The van der Waals surface area contributed by atoms with Crippen LogP contribution in [-0.4, -0.2) is 30.9 Å². The maximum Gasteiger partial charge on any atom is 0.242 e. The largest absolute Gasteiger partial charge is 0.243 e. The average molecular weight is 293 g/mol. The standard InChI is InChI=1S/C10H13ClN2O2S2/c11-10-4-3-9(6-12-10)17(14,15)13-8-2-1-5-16-7-8/h3-4,6,8,13H,1-2,5,7H2. The first kappa shape index (κ1) is 13.1. The van der Waals surface area contributed by atoms with E-state index in [2.05, 4.69) is 9.71 Å². The lowest BCUT2D eigenvalue weighted by atomic mass is 10.2. The third kappa shape index (κ3) is 3.58. The van der Waals surface area contributed by atoms with E-state index in [9.17, 15) is 8.42 Å². The van der Waals surface area contributed by atoms with Crippen LogP contribution < -0.4 is 4.72 Å². The molecule has 1 N–H and O–H groups in total. The first-order valence-electron chi connectivity index (χ1n) is 5.29. The number of nitrogens with zero attached hydrogens (tertiary/aromatic N) is 1. The van der Waals surface area contributed by atoms with Gasteiger partial charge in [-0.15, -0.1) is 0 Å². The molecule has 1 unspecified atom stereocenters. The van der Waals surface area contributed by atoms with Crippen molar-refractivity contribution in [1.82, 2.24) is 9.71 Å². The summed E-state index contributed by atoms with van der Waals surface area (Å²) in [5.41, 5.74) is 0. The van der Waals surface area contributed by atoms with Crippen molar-refractivity contribution in [2.75, 3.05) is 11.5 Å². The molecule has 0 bridgehead atoms. The number of halogens is 1. The molecular formula is C10H13ClN2O2S2. The Balaban J connectivity index is 2.10. The zero-order valence-corrected chi connectivity index (χ0v) is 11.5. The van der Waals surface area contributed by atoms with E-state index in [0.717, 1.165) is 24.3 Å². The van der Waals surface area contributed by atoms with Crippen LogP contribution in [0.15, 0.2) is 23.2 Å². The number of pyridine rings is 1. The van der Waals surface area contributed by atoms with Gasteiger partial charge in [0.15, 0.2) is 0 Å². The minimum absolute atomic E-state index is 0.0226. The highest BCUT2D eigenvalue weighted by molar-refractivity contribution is 7.99. The van der Waals surface area contributed by atoms with Gasteiger partial charge in [0.25, 0.3) is 0 Å². The van der Waals surface area contributed by atoms with E-state index in [0.29, 0.717) is 0 Å². The minimum atomic E-state index is -3.46. The molecular weight excluding hydrogens is 280 g/mol. The normalized spacial score (nSPS) is 21.4. The SMILES string of the molecule is O=S(=O)(NC1CCCSC1)c1ccc(Cl)nc1. The zero-order valence-electron chi connectivity index (χ0n) is 9.10. The van der Waals surface area contributed by atoms with Gasteiger partial charge in [-0.25, -0.2) is 18.1 Å². The van der Waals surface area contributed by atoms with Crippen molar-refractivity contribution in [3.05, 3.63) is 23.5 Å². The Morgan fingerprint density at radius 3 is 2.88 bits per heavy atom. The minimum Gasteiger partial charge on any atom is -0.243 e. The molecule has 1 fully saturated rings. The Morgan fingerprint density at radius 2 is 2.29 bits per heavy atom. The van der Waals surface area contributed by atoms with Gasteiger partial charge in [0.1, 0.15) is 10.0 Å². The van der Waals surface area contributed by atoms with E-state index >= 15 is 0 Å². The van der Waals surface area contributed by atoms with E-state index in [1.165, 1.54) is 18.3 Å². The molecule has 0 spiro atoms. The van der Waals surface area contributed by atoms with Gasteiger partial charge in [0.2, 0.25) is 10.0 Å². The second kappa shape index (κ2) is 5.56. The van der Waals surface area contributed by atoms with Crippen LogP contribution >= 0.6 is 23.4 Å². The number of rotatable bonds is 3. The first-order valence-corrected chi connectivity index (χ1v) is 8.31.